The van der Waals surface area contributed by atoms with E-state index in [0.717, 1.165) is 35.6 Å². The maximum atomic E-state index is 12.7. The second-order valence-corrected chi connectivity index (χ2v) is 7.90. The van der Waals surface area contributed by atoms with Gasteiger partial charge in [0, 0.05) is 16.5 Å². The van der Waals surface area contributed by atoms with Crippen LogP contribution < -0.4 is 14.8 Å². The number of nitrogens with one attached hydrogen (secondary N) is 1. The molecule has 6 heteroatoms. The van der Waals surface area contributed by atoms with E-state index in [2.05, 4.69) is 16.4 Å². The van der Waals surface area contributed by atoms with Crippen LogP contribution in [0.3, 0.4) is 0 Å². The van der Waals surface area contributed by atoms with Crippen molar-refractivity contribution in [2.75, 3.05) is 18.5 Å². The Hall–Kier alpha value is -2.86. The van der Waals surface area contributed by atoms with E-state index in [0.29, 0.717) is 23.9 Å². The first-order valence-electron chi connectivity index (χ1n) is 9.55. The van der Waals surface area contributed by atoms with E-state index in [1.807, 2.05) is 35.7 Å². The summed E-state index contributed by atoms with van der Waals surface area (Å²) in [4.78, 5) is 17.2. The topological polar surface area (TPSA) is 60.5 Å². The lowest BCUT2D eigenvalue weighted by Crippen LogP contribution is -2.15. The molecule has 0 saturated carbocycles. The van der Waals surface area contributed by atoms with Gasteiger partial charge in [-0.2, -0.15) is 0 Å². The summed E-state index contributed by atoms with van der Waals surface area (Å²) in [6.45, 7) is 1.12. The minimum absolute atomic E-state index is 0.114. The first-order chi connectivity index (χ1) is 13.8. The molecule has 0 unspecified atom stereocenters. The van der Waals surface area contributed by atoms with Crippen LogP contribution in [0.5, 0.6) is 11.5 Å². The average Bonchev–Trinajstić information content (AvgIpc) is 3.21. The Labute approximate surface area is 167 Å². The molecule has 0 fully saturated rings. The Morgan fingerprint density at radius 2 is 1.79 bits per heavy atom. The van der Waals surface area contributed by atoms with Crippen LogP contribution in [0.2, 0.25) is 0 Å². The fourth-order valence-electron chi connectivity index (χ4n) is 3.71. The van der Waals surface area contributed by atoms with Gasteiger partial charge in [0.25, 0.3) is 5.91 Å². The molecule has 1 amide bonds. The predicted octanol–water partition coefficient (Wildman–Crippen LogP) is 4.71. The van der Waals surface area contributed by atoms with Crippen molar-refractivity contribution in [1.29, 1.82) is 0 Å². The monoisotopic (exact) mass is 392 g/mol. The summed E-state index contributed by atoms with van der Waals surface area (Å²) >= 11 is 1.42. The molecule has 2 aliphatic rings. The number of anilines is 1. The minimum Gasteiger partial charge on any atom is -0.486 e. The second-order valence-electron chi connectivity index (χ2n) is 7.04. The van der Waals surface area contributed by atoms with Crippen molar-refractivity contribution < 1.29 is 14.3 Å². The zero-order valence-electron chi connectivity index (χ0n) is 15.4. The first kappa shape index (κ1) is 17.3. The Morgan fingerprint density at radius 1 is 0.964 bits per heavy atom. The van der Waals surface area contributed by atoms with E-state index in [-0.39, 0.29) is 5.91 Å². The van der Waals surface area contributed by atoms with E-state index in [1.165, 1.54) is 35.3 Å². The maximum absolute atomic E-state index is 12.7. The molecule has 0 bridgehead atoms. The van der Waals surface area contributed by atoms with Gasteiger partial charge in [0.2, 0.25) is 0 Å². The van der Waals surface area contributed by atoms with E-state index in [1.54, 1.807) is 0 Å². The number of fused-ring (bicyclic) bond motifs is 2. The lowest BCUT2D eigenvalue weighted by atomic mass is 9.90. The number of carbonyl (C=O) groups is 1. The van der Waals surface area contributed by atoms with Crippen LogP contribution in [0.15, 0.2) is 41.8 Å². The Bertz CT molecular complexity index is 1040. The molecule has 1 aromatic heterocycles. The quantitative estimate of drug-likeness (QED) is 0.701. The van der Waals surface area contributed by atoms with Crippen molar-refractivity contribution in [3.8, 4) is 22.8 Å². The highest BCUT2D eigenvalue weighted by molar-refractivity contribution is 7.14. The average molecular weight is 392 g/mol. The largest absolute Gasteiger partial charge is 0.486 e. The lowest BCUT2D eigenvalue weighted by molar-refractivity contribution is 0.102. The smallest absolute Gasteiger partial charge is 0.257 e. The number of hydrogen-bond donors (Lipinski definition) is 1. The van der Waals surface area contributed by atoms with Gasteiger partial charge in [-0.3, -0.25) is 10.1 Å². The van der Waals surface area contributed by atoms with Gasteiger partial charge in [-0.05, 0) is 67.1 Å². The zero-order valence-corrected chi connectivity index (χ0v) is 16.2. The zero-order chi connectivity index (χ0) is 18.9. The van der Waals surface area contributed by atoms with Crippen LogP contribution >= 0.6 is 11.3 Å². The summed E-state index contributed by atoms with van der Waals surface area (Å²) in [6.07, 6.45) is 4.61. The van der Waals surface area contributed by atoms with Crippen LogP contribution in [-0.4, -0.2) is 24.1 Å². The third-order valence-electron chi connectivity index (χ3n) is 5.17. The molecule has 5 rings (SSSR count). The van der Waals surface area contributed by atoms with E-state index >= 15 is 0 Å². The summed E-state index contributed by atoms with van der Waals surface area (Å²) in [7, 11) is 0. The number of benzene rings is 2. The summed E-state index contributed by atoms with van der Waals surface area (Å²) in [6, 6.07) is 11.8. The van der Waals surface area contributed by atoms with Crippen molar-refractivity contribution >= 4 is 22.4 Å². The number of aryl methyl sites for hydroxylation is 2. The number of aromatic nitrogens is 1. The van der Waals surface area contributed by atoms with E-state index in [4.69, 9.17) is 9.47 Å². The van der Waals surface area contributed by atoms with Crippen molar-refractivity contribution in [3.05, 3.63) is 58.5 Å². The number of nitrogens with zero attached hydrogens (tertiary/aromatic N) is 1. The van der Waals surface area contributed by atoms with Gasteiger partial charge in [-0.1, -0.05) is 6.07 Å². The van der Waals surface area contributed by atoms with Crippen molar-refractivity contribution in [2.24, 2.45) is 0 Å². The molecule has 0 radical (unpaired) electrons. The maximum Gasteiger partial charge on any atom is 0.257 e. The van der Waals surface area contributed by atoms with Gasteiger partial charge in [-0.15, -0.1) is 11.3 Å². The molecular formula is C22H20N2O3S. The molecule has 1 aliphatic heterocycles. The highest BCUT2D eigenvalue weighted by atomic mass is 32.1. The van der Waals surface area contributed by atoms with Crippen molar-refractivity contribution in [1.82, 2.24) is 4.98 Å². The van der Waals surface area contributed by atoms with E-state index < -0.39 is 0 Å². The summed E-state index contributed by atoms with van der Waals surface area (Å²) in [5.41, 5.74) is 5.11. The van der Waals surface area contributed by atoms with E-state index in [9.17, 15) is 4.79 Å². The number of amides is 1. The van der Waals surface area contributed by atoms with Gasteiger partial charge in [-0.25, -0.2) is 4.98 Å². The van der Waals surface area contributed by atoms with Crippen LogP contribution in [0.1, 0.15) is 34.3 Å². The standard InChI is InChI=1S/C22H20N2O3S/c25-21(17-6-5-14-3-1-2-4-15(14)11-17)24-22-23-18(13-28-22)16-7-8-19-20(12-16)27-10-9-26-19/h5-8,11-13H,1-4,9-10H2,(H,23,24,25). The van der Waals surface area contributed by atoms with Crippen LogP contribution in [-0.2, 0) is 12.8 Å². The molecule has 5 nitrogen and oxygen atoms in total. The van der Waals surface area contributed by atoms with Gasteiger partial charge in [0.05, 0.1) is 5.69 Å². The lowest BCUT2D eigenvalue weighted by Gasteiger charge is -2.18. The molecule has 1 aliphatic carbocycles. The number of ether oxygens (including phenoxy) is 2. The second kappa shape index (κ2) is 7.28. The number of thiazole rings is 1. The predicted molar refractivity (Wildman–Crippen MR) is 110 cm³/mol. The molecule has 0 saturated heterocycles. The molecule has 2 aromatic carbocycles. The number of carbonyl (C=O) groups excluding carboxylic acids is 1. The van der Waals surface area contributed by atoms with Crippen LogP contribution in [0.25, 0.3) is 11.3 Å². The molecule has 0 spiro atoms. The van der Waals surface area contributed by atoms with Gasteiger partial charge >= 0.3 is 0 Å². The highest BCUT2D eigenvalue weighted by Gasteiger charge is 2.16. The van der Waals surface area contributed by atoms with Gasteiger partial charge in [0.15, 0.2) is 16.6 Å². The third-order valence-corrected chi connectivity index (χ3v) is 5.93. The normalized spacial score (nSPS) is 15.0. The van der Waals surface area contributed by atoms with Gasteiger partial charge in [0.1, 0.15) is 13.2 Å². The summed E-state index contributed by atoms with van der Waals surface area (Å²) in [5.74, 6) is 1.37. The fourth-order valence-corrected chi connectivity index (χ4v) is 4.43. The summed E-state index contributed by atoms with van der Waals surface area (Å²) in [5, 5.41) is 5.46. The van der Waals surface area contributed by atoms with Gasteiger partial charge < -0.3 is 9.47 Å². The Kier molecular flexibility index (Phi) is 4.49. The molecular weight excluding hydrogens is 372 g/mol. The molecule has 2 heterocycles. The van der Waals surface area contributed by atoms with Crippen LogP contribution in [0.4, 0.5) is 5.13 Å². The van der Waals surface area contributed by atoms with Crippen LogP contribution in [0, 0.1) is 0 Å². The first-order valence-corrected chi connectivity index (χ1v) is 10.4. The Morgan fingerprint density at radius 3 is 2.68 bits per heavy atom. The summed E-state index contributed by atoms with van der Waals surface area (Å²) < 4.78 is 11.2. The third kappa shape index (κ3) is 3.36. The SMILES string of the molecule is O=C(Nc1nc(-c2ccc3c(c2)OCCO3)cs1)c1ccc2c(c1)CCCC2. The highest BCUT2D eigenvalue weighted by Crippen LogP contribution is 2.35. The van der Waals surface area contributed by atoms with Crippen molar-refractivity contribution in [3.63, 3.8) is 0 Å². The number of hydrogen-bond acceptors (Lipinski definition) is 5. The molecule has 1 N–H and O–H groups in total. The molecule has 28 heavy (non-hydrogen) atoms. The minimum atomic E-state index is -0.114. The number of rotatable bonds is 3. The Balaban J connectivity index is 1.33. The van der Waals surface area contributed by atoms with Crippen molar-refractivity contribution in [2.45, 2.75) is 25.7 Å². The molecule has 142 valence electrons. The fraction of sp³-hybridized carbons (Fsp3) is 0.273. The molecule has 0 atom stereocenters. The molecule has 3 aromatic rings.